The molecule has 34 heavy (non-hydrogen) atoms. The van der Waals surface area contributed by atoms with Crippen molar-refractivity contribution in [3.8, 4) is 22.6 Å². The summed E-state index contributed by atoms with van der Waals surface area (Å²) in [6, 6.07) is 12.2. The van der Waals surface area contributed by atoms with Crippen LogP contribution in [0.25, 0.3) is 22.6 Å². The largest absolute Gasteiger partial charge is 0.437 e. The number of nitrogens with one attached hydrogen (secondary N) is 1. The zero-order valence-electron chi connectivity index (χ0n) is 17.9. The summed E-state index contributed by atoms with van der Waals surface area (Å²) in [5, 5.41) is 8.95. The monoisotopic (exact) mass is 467 g/mol. The van der Waals surface area contributed by atoms with E-state index in [-0.39, 0.29) is 23.2 Å². The van der Waals surface area contributed by atoms with Crippen LogP contribution in [0.15, 0.2) is 61.2 Å². The Labute approximate surface area is 192 Å². The van der Waals surface area contributed by atoms with Gasteiger partial charge < -0.3 is 9.47 Å². The Morgan fingerprint density at radius 1 is 1.06 bits per heavy atom. The highest BCUT2D eigenvalue weighted by molar-refractivity contribution is 5.94. The number of hydrogen-bond acceptors (Lipinski definition) is 5. The normalized spacial score (nSPS) is 16.6. The van der Waals surface area contributed by atoms with E-state index in [1.807, 2.05) is 32.9 Å². The molecule has 0 unspecified atom stereocenters. The second-order valence-electron chi connectivity index (χ2n) is 8.07. The third kappa shape index (κ3) is 4.28. The molecular formula is C23H20F3N7O. The molecule has 1 aliphatic rings. The zero-order chi connectivity index (χ0) is 23.7. The predicted octanol–water partition coefficient (Wildman–Crippen LogP) is 4.23. The number of imidazole rings is 1. The molecule has 1 atom stereocenters. The lowest BCUT2D eigenvalue weighted by Crippen LogP contribution is -2.40. The van der Waals surface area contributed by atoms with Crippen molar-refractivity contribution in [2.24, 2.45) is 0 Å². The van der Waals surface area contributed by atoms with Gasteiger partial charge >= 0.3 is 6.18 Å². The number of H-pyrrole nitrogens is 1. The lowest BCUT2D eigenvalue weighted by Gasteiger charge is -2.33. The fraction of sp³-hybridized carbons (Fsp3) is 0.261. The number of aromatic amines is 1. The van der Waals surface area contributed by atoms with Crippen LogP contribution < -0.4 is 0 Å². The first-order valence-corrected chi connectivity index (χ1v) is 10.7. The van der Waals surface area contributed by atoms with Gasteiger partial charge in [0.1, 0.15) is 11.4 Å². The van der Waals surface area contributed by atoms with Crippen LogP contribution >= 0.6 is 0 Å². The fourth-order valence-corrected chi connectivity index (χ4v) is 4.16. The van der Waals surface area contributed by atoms with E-state index < -0.39 is 11.9 Å². The molecule has 11 heteroatoms. The predicted molar refractivity (Wildman–Crippen MR) is 116 cm³/mol. The molecule has 0 saturated carbocycles. The van der Waals surface area contributed by atoms with Crippen molar-refractivity contribution < 1.29 is 18.0 Å². The number of halogens is 3. The van der Waals surface area contributed by atoms with Gasteiger partial charge in [0.05, 0.1) is 18.1 Å². The third-order valence-corrected chi connectivity index (χ3v) is 5.84. The van der Waals surface area contributed by atoms with Crippen LogP contribution in [0.4, 0.5) is 13.2 Å². The number of pyridine rings is 1. The van der Waals surface area contributed by atoms with Crippen molar-refractivity contribution in [2.75, 3.05) is 13.1 Å². The average Bonchev–Trinajstić information content (AvgIpc) is 3.55. The summed E-state index contributed by atoms with van der Waals surface area (Å²) in [5.41, 5.74) is 0.448. The standard InChI is InChI=1S/C23H20F3N7O/c24-23(25,26)21-20(29-31-30-21)16-8-9-27-18(11-16)19-13-33(14-28-19)17-7-4-10-32(12-17)22(34)15-5-2-1-3-6-15/h1-3,5-6,8-9,11,13-14,17H,4,7,10,12H2,(H,29,30,31)/t17-/m1/s1. The van der Waals surface area contributed by atoms with Gasteiger partial charge in [-0.1, -0.05) is 18.2 Å². The van der Waals surface area contributed by atoms with Gasteiger partial charge in [0.25, 0.3) is 5.91 Å². The quantitative estimate of drug-likeness (QED) is 0.485. The van der Waals surface area contributed by atoms with Gasteiger partial charge in [0, 0.05) is 36.6 Å². The second-order valence-corrected chi connectivity index (χ2v) is 8.07. The summed E-state index contributed by atoms with van der Waals surface area (Å²) >= 11 is 0. The van der Waals surface area contributed by atoms with Gasteiger partial charge in [-0.3, -0.25) is 9.78 Å². The molecule has 174 valence electrons. The van der Waals surface area contributed by atoms with E-state index in [1.54, 1.807) is 24.7 Å². The SMILES string of the molecule is O=C(c1ccccc1)N1CCC[C@@H](n2cnc(-c3cc(-c4n[nH]nc4C(F)(F)F)ccn3)c2)C1. The maximum atomic E-state index is 13.2. The number of carbonyl (C=O) groups is 1. The number of nitrogens with zero attached hydrogens (tertiary/aromatic N) is 6. The number of aromatic nitrogens is 6. The van der Waals surface area contributed by atoms with Gasteiger partial charge in [0.15, 0.2) is 5.69 Å². The number of carbonyl (C=O) groups excluding carboxylic acids is 1. The molecule has 0 bridgehead atoms. The van der Waals surface area contributed by atoms with Crippen molar-refractivity contribution in [3.05, 3.63) is 72.4 Å². The van der Waals surface area contributed by atoms with Crippen LogP contribution in [0.2, 0.25) is 0 Å². The first-order chi connectivity index (χ1) is 16.4. The summed E-state index contributed by atoms with van der Waals surface area (Å²) in [4.78, 5) is 23.4. The van der Waals surface area contributed by atoms with Crippen LogP contribution in [0.5, 0.6) is 0 Å². The minimum atomic E-state index is -4.63. The highest BCUT2D eigenvalue weighted by Crippen LogP contribution is 2.35. The number of alkyl halides is 3. The van der Waals surface area contributed by atoms with Crippen molar-refractivity contribution >= 4 is 5.91 Å². The summed E-state index contributed by atoms with van der Waals surface area (Å²) in [6.07, 6.45) is 2.01. The first-order valence-electron chi connectivity index (χ1n) is 10.7. The Morgan fingerprint density at radius 3 is 2.68 bits per heavy atom. The Balaban J connectivity index is 1.36. The summed E-state index contributed by atoms with van der Waals surface area (Å²) in [5.74, 6) is -0.00640. The molecule has 1 fully saturated rings. The number of benzene rings is 1. The van der Waals surface area contributed by atoms with Crippen molar-refractivity contribution in [3.63, 3.8) is 0 Å². The molecule has 8 nitrogen and oxygen atoms in total. The molecule has 0 spiro atoms. The third-order valence-electron chi connectivity index (χ3n) is 5.84. The molecule has 0 aliphatic carbocycles. The molecule has 4 aromatic rings. The molecule has 5 rings (SSSR count). The van der Waals surface area contributed by atoms with E-state index in [2.05, 4.69) is 20.2 Å². The average molecular weight is 467 g/mol. The molecule has 1 amide bonds. The summed E-state index contributed by atoms with van der Waals surface area (Å²) in [6.45, 7) is 1.24. The van der Waals surface area contributed by atoms with Crippen LogP contribution in [-0.2, 0) is 6.18 Å². The molecule has 1 N–H and O–H groups in total. The number of piperidine rings is 1. The zero-order valence-corrected chi connectivity index (χ0v) is 17.9. The highest BCUT2D eigenvalue weighted by atomic mass is 19.4. The van der Waals surface area contributed by atoms with E-state index in [9.17, 15) is 18.0 Å². The maximum absolute atomic E-state index is 13.2. The van der Waals surface area contributed by atoms with E-state index in [1.165, 1.54) is 18.3 Å². The van der Waals surface area contributed by atoms with Crippen LogP contribution in [0, 0.1) is 0 Å². The van der Waals surface area contributed by atoms with Crippen LogP contribution in [0.1, 0.15) is 34.9 Å². The highest BCUT2D eigenvalue weighted by Gasteiger charge is 2.38. The molecule has 1 saturated heterocycles. The van der Waals surface area contributed by atoms with E-state index in [0.29, 0.717) is 30.0 Å². The van der Waals surface area contributed by atoms with Gasteiger partial charge in [-0.25, -0.2) is 4.98 Å². The molecule has 3 aromatic heterocycles. The fourth-order valence-electron chi connectivity index (χ4n) is 4.16. The maximum Gasteiger partial charge on any atom is 0.437 e. The molecular weight excluding hydrogens is 447 g/mol. The van der Waals surface area contributed by atoms with Crippen molar-refractivity contribution in [1.82, 2.24) is 34.8 Å². The smallest absolute Gasteiger partial charge is 0.337 e. The number of likely N-dealkylation sites (tertiary alicyclic amines) is 1. The Hall–Kier alpha value is -4.02. The Bertz CT molecular complexity index is 1300. The lowest BCUT2D eigenvalue weighted by molar-refractivity contribution is -0.140. The topological polar surface area (TPSA) is 92.6 Å². The molecule has 1 aromatic carbocycles. The minimum absolute atomic E-state index is 0.00640. The summed E-state index contributed by atoms with van der Waals surface area (Å²) < 4.78 is 41.6. The van der Waals surface area contributed by atoms with E-state index in [0.717, 1.165) is 12.8 Å². The lowest BCUT2D eigenvalue weighted by atomic mass is 10.0. The Kier molecular flexibility index (Phi) is 5.60. The van der Waals surface area contributed by atoms with Gasteiger partial charge in [0.2, 0.25) is 0 Å². The second kappa shape index (κ2) is 8.73. The first kappa shape index (κ1) is 21.8. The van der Waals surface area contributed by atoms with Gasteiger partial charge in [-0.05, 0) is 37.1 Å². The molecule has 4 heterocycles. The Morgan fingerprint density at radius 2 is 1.88 bits per heavy atom. The van der Waals surface area contributed by atoms with Crippen LogP contribution in [-0.4, -0.2) is 53.8 Å². The van der Waals surface area contributed by atoms with Crippen LogP contribution in [0.3, 0.4) is 0 Å². The van der Waals surface area contributed by atoms with Crippen molar-refractivity contribution in [2.45, 2.75) is 25.1 Å². The van der Waals surface area contributed by atoms with Gasteiger partial charge in [-0.15, -0.1) is 0 Å². The van der Waals surface area contributed by atoms with E-state index >= 15 is 0 Å². The van der Waals surface area contributed by atoms with Crippen molar-refractivity contribution in [1.29, 1.82) is 0 Å². The van der Waals surface area contributed by atoms with E-state index in [4.69, 9.17) is 0 Å². The van der Waals surface area contributed by atoms with Gasteiger partial charge in [-0.2, -0.15) is 28.6 Å². The molecule has 1 aliphatic heterocycles. The minimum Gasteiger partial charge on any atom is -0.337 e. The number of rotatable bonds is 4. The molecule has 0 radical (unpaired) electrons. The number of amides is 1. The number of hydrogen-bond donors (Lipinski definition) is 1. The summed E-state index contributed by atoms with van der Waals surface area (Å²) in [7, 11) is 0.